The van der Waals surface area contributed by atoms with Crippen LogP contribution in [0.4, 0.5) is 5.13 Å². The molecule has 0 fully saturated rings. The first-order chi connectivity index (χ1) is 12.3. The minimum Gasteiger partial charge on any atom is -0.298 e. The van der Waals surface area contributed by atoms with Crippen molar-refractivity contribution in [2.45, 2.75) is 12.8 Å². The molecule has 5 rings (SSSR count). The van der Waals surface area contributed by atoms with Crippen LogP contribution in [0.25, 0.3) is 21.5 Å². The zero-order valence-electron chi connectivity index (χ0n) is 13.2. The monoisotopic (exact) mass is 363 g/mol. The van der Waals surface area contributed by atoms with Gasteiger partial charge < -0.3 is 0 Å². The molecule has 4 aromatic rings. The summed E-state index contributed by atoms with van der Waals surface area (Å²) < 4.78 is 1.01. The number of amides is 1. The van der Waals surface area contributed by atoms with Crippen molar-refractivity contribution in [3.63, 3.8) is 0 Å². The summed E-state index contributed by atoms with van der Waals surface area (Å²) in [4.78, 5) is 22.8. The van der Waals surface area contributed by atoms with Crippen molar-refractivity contribution in [3.05, 3.63) is 64.0 Å². The molecule has 2 aromatic heterocycles. The van der Waals surface area contributed by atoms with E-state index in [4.69, 9.17) is 0 Å². The molecular weight excluding hydrogens is 350 g/mol. The number of thiazole rings is 2. The van der Waals surface area contributed by atoms with Crippen LogP contribution < -0.4 is 5.32 Å². The fraction of sp³-hybridized carbons (Fsp3) is 0.105. The molecule has 1 amide bonds. The van der Waals surface area contributed by atoms with E-state index in [0.717, 1.165) is 28.8 Å². The minimum absolute atomic E-state index is 0.130. The van der Waals surface area contributed by atoms with Gasteiger partial charge in [0.15, 0.2) is 5.13 Å². The van der Waals surface area contributed by atoms with Crippen LogP contribution in [0.2, 0.25) is 0 Å². The van der Waals surface area contributed by atoms with Crippen molar-refractivity contribution < 1.29 is 4.79 Å². The first kappa shape index (κ1) is 14.7. The number of hydrogen-bond acceptors (Lipinski definition) is 5. The predicted octanol–water partition coefficient (Wildman–Crippen LogP) is 4.77. The van der Waals surface area contributed by atoms with Gasteiger partial charge in [0.25, 0.3) is 5.91 Å². The van der Waals surface area contributed by atoms with Crippen molar-refractivity contribution in [3.8, 4) is 11.3 Å². The van der Waals surface area contributed by atoms with E-state index < -0.39 is 0 Å². The fourth-order valence-corrected chi connectivity index (χ4v) is 4.86. The minimum atomic E-state index is -0.130. The van der Waals surface area contributed by atoms with Gasteiger partial charge in [0.05, 0.1) is 21.4 Å². The molecule has 1 aliphatic rings. The second kappa shape index (κ2) is 5.75. The van der Waals surface area contributed by atoms with Crippen LogP contribution in [0, 0.1) is 0 Å². The molecule has 0 bridgehead atoms. The first-order valence-electron chi connectivity index (χ1n) is 8.00. The molecule has 4 nitrogen and oxygen atoms in total. The van der Waals surface area contributed by atoms with Gasteiger partial charge in [-0.05, 0) is 36.6 Å². The van der Waals surface area contributed by atoms with Crippen molar-refractivity contribution in [2.75, 3.05) is 5.32 Å². The highest BCUT2D eigenvalue weighted by Crippen LogP contribution is 2.38. The fourth-order valence-electron chi connectivity index (χ4n) is 3.17. The summed E-state index contributed by atoms with van der Waals surface area (Å²) in [5, 5.41) is 3.62. The van der Waals surface area contributed by atoms with Crippen LogP contribution in [0.3, 0.4) is 0 Å². The molecule has 0 saturated carbocycles. The van der Waals surface area contributed by atoms with Crippen LogP contribution in [-0.4, -0.2) is 15.9 Å². The number of nitrogens with one attached hydrogen (secondary N) is 1. The third-order valence-electron chi connectivity index (χ3n) is 4.41. The number of aryl methyl sites for hydroxylation is 2. The third kappa shape index (κ3) is 2.54. The lowest BCUT2D eigenvalue weighted by molar-refractivity contribution is 0.102. The molecule has 1 aliphatic carbocycles. The molecule has 2 aromatic carbocycles. The van der Waals surface area contributed by atoms with Gasteiger partial charge in [-0.1, -0.05) is 24.3 Å². The number of aromatic nitrogens is 2. The Morgan fingerprint density at radius 1 is 1.12 bits per heavy atom. The van der Waals surface area contributed by atoms with Crippen molar-refractivity contribution in [2.24, 2.45) is 0 Å². The average molecular weight is 363 g/mol. The number of carbonyl (C=O) groups excluding carboxylic acids is 1. The molecule has 0 atom stereocenters. The van der Waals surface area contributed by atoms with Gasteiger partial charge >= 0.3 is 0 Å². The third-order valence-corrected chi connectivity index (χ3v) is 6.23. The second-order valence-electron chi connectivity index (χ2n) is 5.94. The molecule has 2 heterocycles. The molecule has 1 N–H and O–H groups in total. The van der Waals surface area contributed by atoms with E-state index in [1.54, 1.807) is 22.9 Å². The first-order valence-corrected chi connectivity index (χ1v) is 9.70. The van der Waals surface area contributed by atoms with Gasteiger partial charge in [-0.25, -0.2) is 9.97 Å². The SMILES string of the molecule is O=C(Nc1nc2c(s1)CCc1ccccc1-2)c1ccc2ncsc2c1. The normalized spacial score (nSPS) is 12.6. The van der Waals surface area contributed by atoms with Crippen LogP contribution in [0.15, 0.2) is 48.0 Å². The smallest absolute Gasteiger partial charge is 0.257 e. The Morgan fingerprint density at radius 2 is 2.04 bits per heavy atom. The highest BCUT2D eigenvalue weighted by Gasteiger charge is 2.21. The number of benzene rings is 2. The van der Waals surface area contributed by atoms with Gasteiger partial charge in [-0.2, -0.15) is 0 Å². The second-order valence-corrected chi connectivity index (χ2v) is 7.91. The molecule has 122 valence electrons. The number of nitrogens with zero attached hydrogens (tertiary/aromatic N) is 2. The maximum Gasteiger partial charge on any atom is 0.257 e. The maximum absolute atomic E-state index is 12.6. The predicted molar refractivity (Wildman–Crippen MR) is 103 cm³/mol. The topological polar surface area (TPSA) is 54.9 Å². The lowest BCUT2D eigenvalue weighted by Crippen LogP contribution is -2.11. The Bertz CT molecular complexity index is 1110. The lowest BCUT2D eigenvalue weighted by atomic mass is 9.94. The van der Waals surface area contributed by atoms with Crippen molar-refractivity contribution in [1.82, 2.24) is 9.97 Å². The molecular formula is C19H13N3OS2. The summed E-state index contributed by atoms with van der Waals surface area (Å²) >= 11 is 3.11. The molecule has 0 saturated heterocycles. The van der Waals surface area contributed by atoms with E-state index in [-0.39, 0.29) is 5.91 Å². The Kier molecular flexibility index (Phi) is 3.39. The van der Waals surface area contributed by atoms with E-state index >= 15 is 0 Å². The Hall–Kier alpha value is -2.57. The molecule has 0 unspecified atom stereocenters. The molecule has 0 aliphatic heterocycles. The Balaban J connectivity index is 1.45. The van der Waals surface area contributed by atoms with Crippen LogP contribution >= 0.6 is 22.7 Å². The summed E-state index contributed by atoms with van der Waals surface area (Å²) in [6.07, 6.45) is 2.01. The standard InChI is InChI=1S/C19H13N3OS2/c23-18(12-5-7-14-16(9-12)24-10-20-14)22-19-21-17-13-4-2-1-3-11(13)6-8-15(17)25-19/h1-5,7,9-10H,6,8H2,(H,21,22,23). The van der Waals surface area contributed by atoms with E-state index in [1.165, 1.54) is 27.3 Å². The van der Waals surface area contributed by atoms with Gasteiger partial charge in [-0.15, -0.1) is 22.7 Å². The number of anilines is 1. The molecule has 6 heteroatoms. The summed E-state index contributed by atoms with van der Waals surface area (Å²) in [7, 11) is 0. The van der Waals surface area contributed by atoms with Crippen molar-refractivity contribution in [1.29, 1.82) is 0 Å². The number of carbonyl (C=O) groups is 1. The molecule has 0 spiro atoms. The highest BCUT2D eigenvalue weighted by atomic mass is 32.1. The Morgan fingerprint density at radius 3 is 3.00 bits per heavy atom. The van der Waals surface area contributed by atoms with Crippen LogP contribution in [-0.2, 0) is 12.8 Å². The van der Waals surface area contributed by atoms with Crippen LogP contribution in [0.5, 0.6) is 0 Å². The van der Waals surface area contributed by atoms with Crippen molar-refractivity contribution >= 4 is 43.9 Å². The summed E-state index contributed by atoms with van der Waals surface area (Å²) in [5.74, 6) is -0.130. The average Bonchev–Trinajstić information content (AvgIpc) is 3.27. The zero-order valence-corrected chi connectivity index (χ0v) is 14.8. The van der Waals surface area contributed by atoms with Gasteiger partial charge in [-0.3, -0.25) is 10.1 Å². The molecule has 0 radical (unpaired) electrons. The summed E-state index contributed by atoms with van der Waals surface area (Å²) in [5.41, 5.74) is 6.87. The van der Waals surface area contributed by atoms with Gasteiger partial charge in [0, 0.05) is 16.0 Å². The zero-order chi connectivity index (χ0) is 16.8. The van der Waals surface area contributed by atoms with Crippen LogP contribution in [0.1, 0.15) is 20.8 Å². The van der Waals surface area contributed by atoms with E-state index in [1.807, 2.05) is 18.2 Å². The highest BCUT2D eigenvalue weighted by molar-refractivity contribution is 7.17. The van der Waals surface area contributed by atoms with E-state index in [9.17, 15) is 4.79 Å². The largest absolute Gasteiger partial charge is 0.298 e. The number of hydrogen-bond donors (Lipinski definition) is 1. The lowest BCUT2D eigenvalue weighted by Gasteiger charge is -2.13. The number of rotatable bonds is 2. The van der Waals surface area contributed by atoms with E-state index in [0.29, 0.717) is 10.7 Å². The maximum atomic E-state index is 12.6. The Labute approximate surface area is 152 Å². The van der Waals surface area contributed by atoms with E-state index in [2.05, 4.69) is 33.5 Å². The van der Waals surface area contributed by atoms with Gasteiger partial charge in [0.2, 0.25) is 0 Å². The summed E-state index contributed by atoms with van der Waals surface area (Å²) in [6.45, 7) is 0. The molecule has 25 heavy (non-hydrogen) atoms. The van der Waals surface area contributed by atoms with Gasteiger partial charge in [0.1, 0.15) is 0 Å². The quantitative estimate of drug-likeness (QED) is 0.558. The number of fused-ring (bicyclic) bond motifs is 4. The summed E-state index contributed by atoms with van der Waals surface area (Å²) in [6, 6.07) is 13.9.